The molecule has 2 aromatic rings. The van der Waals surface area contributed by atoms with Crippen LogP contribution in [0.1, 0.15) is 13.3 Å². The molecule has 106 valence electrons. The first-order chi connectivity index (χ1) is 9.74. The second-order valence-corrected chi connectivity index (χ2v) is 4.36. The number of rotatable bonds is 7. The lowest BCUT2D eigenvalue weighted by Crippen LogP contribution is -2.21. The first-order valence-electron chi connectivity index (χ1n) is 6.58. The summed E-state index contributed by atoms with van der Waals surface area (Å²) >= 11 is 0. The zero-order chi connectivity index (χ0) is 14.4. The largest absolute Gasteiger partial charge is 0.492 e. The van der Waals surface area contributed by atoms with Crippen LogP contribution in [0.4, 0.5) is 5.69 Å². The highest BCUT2D eigenvalue weighted by atomic mass is 16.6. The Labute approximate surface area is 116 Å². The van der Waals surface area contributed by atoms with Gasteiger partial charge in [-0.2, -0.15) is 0 Å². The van der Waals surface area contributed by atoms with Crippen molar-refractivity contribution < 1.29 is 9.66 Å². The highest BCUT2D eigenvalue weighted by Gasteiger charge is 2.14. The summed E-state index contributed by atoms with van der Waals surface area (Å²) < 4.78 is 5.68. The maximum Gasteiger partial charge on any atom is 0.277 e. The zero-order valence-corrected chi connectivity index (χ0v) is 11.3. The smallest absolute Gasteiger partial charge is 0.277 e. The van der Waals surface area contributed by atoms with Gasteiger partial charge in [0.25, 0.3) is 5.69 Å². The van der Waals surface area contributed by atoms with Crippen LogP contribution < -0.4 is 10.1 Å². The van der Waals surface area contributed by atoms with Gasteiger partial charge in [0.15, 0.2) is 0 Å². The van der Waals surface area contributed by atoms with E-state index in [9.17, 15) is 10.1 Å². The topological polar surface area (TPSA) is 77.3 Å². The summed E-state index contributed by atoms with van der Waals surface area (Å²) in [5, 5.41) is 15.4. The summed E-state index contributed by atoms with van der Waals surface area (Å²) in [4.78, 5) is 14.6. The molecular formula is C14H17N3O3. The van der Waals surface area contributed by atoms with Crippen LogP contribution in [-0.2, 0) is 0 Å². The van der Waals surface area contributed by atoms with Gasteiger partial charge in [-0.15, -0.1) is 0 Å². The Bertz CT molecular complexity index is 601. The average Bonchev–Trinajstić information content (AvgIpc) is 2.46. The number of fused-ring (bicyclic) bond motifs is 1. The minimum Gasteiger partial charge on any atom is -0.492 e. The number of pyridine rings is 1. The second kappa shape index (κ2) is 6.81. The number of hydrogen-bond acceptors (Lipinski definition) is 5. The Balaban J connectivity index is 2.18. The maximum absolute atomic E-state index is 11.0. The molecule has 1 aromatic heterocycles. The van der Waals surface area contributed by atoms with E-state index in [1.54, 1.807) is 24.5 Å². The SMILES string of the molecule is CCCNCCOc1ccc([N+](=O)[O-])c2ccncc12. The van der Waals surface area contributed by atoms with Gasteiger partial charge in [-0.3, -0.25) is 15.1 Å². The first-order valence-corrected chi connectivity index (χ1v) is 6.58. The predicted molar refractivity (Wildman–Crippen MR) is 77.1 cm³/mol. The van der Waals surface area contributed by atoms with Crippen molar-refractivity contribution in [1.82, 2.24) is 10.3 Å². The minimum atomic E-state index is -0.394. The Morgan fingerprint density at radius 1 is 1.30 bits per heavy atom. The molecule has 1 aromatic carbocycles. The van der Waals surface area contributed by atoms with Crippen molar-refractivity contribution in [3.63, 3.8) is 0 Å². The summed E-state index contributed by atoms with van der Waals surface area (Å²) in [7, 11) is 0. The molecule has 0 aliphatic rings. The van der Waals surface area contributed by atoms with Crippen LogP contribution in [0.2, 0.25) is 0 Å². The monoisotopic (exact) mass is 275 g/mol. The van der Waals surface area contributed by atoms with E-state index in [1.807, 2.05) is 0 Å². The Kier molecular flexibility index (Phi) is 4.84. The summed E-state index contributed by atoms with van der Waals surface area (Å²) in [5.74, 6) is 0.622. The van der Waals surface area contributed by atoms with Crippen LogP contribution in [0, 0.1) is 10.1 Å². The van der Waals surface area contributed by atoms with Crippen LogP contribution >= 0.6 is 0 Å². The van der Waals surface area contributed by atoms with E-state index in [4.69, 9.17) is 4.74 Å². The van der Waals surface area contributed by atoms with Gasteiger partial charge in [-0.1, -0.05) is 6.92 Å². The molecule has 0 atom stereocenters. The van der Waals surface area contributed by atoms with Gasteiger partial charge in [-0.25, -0.2) is 0 Å². The number of hydrogen-bond donors (Lipinski definition) is 1. The molecule has 0 unspecified atom stereocenters. The van der Waals surface area contributed by atoms with Crippen LogP contribution in [0.15, 0.2) is 30.6 Å². The minimum absolute atomic E-state index is 0.0684. The number of nitrogens with zero attached hydrogens (tertiary/aromatic N) is 2. The molecule has 6 heteroatoms. The molecule has 0 aliphatic carbocycles. The van der Waals surface area contributed by atoms with E-state index in [0.717, 1.165) is 19.5 Å². The Morgan fingerprint density at radius 2 is 2.15 bits per heavy atom. The number of nitro groups is 1. The summed E-state index contributed by atoms with van der Waals surface area (Å²) in [6.07, 6.45) is 4.21. The van der Waals surface area contributed by atoms with Crippen molar-refractivity contribution in [1.29, 1.82) is 0 Å². The number of nitrogens with one attached hydrogen (secondary N) is 1. The van der Waals surface area contributed by atoms with Crippen molar-refractivity contribution in [3.05, 3.63) is 40.7 Å². The lowest BCUT2D eigenvalue weighted by Gasteiger charge is -2.09. The van der Waals surface area contributed by atoms with Crippen molar-refractivity contribution >= 4 is 16.5 Å². The molecule has 1 N–H and O–H groups in total. The first kappa shape index (κ1) is 14.2. The third kappa shape index (κ3) is 3.21. The van der Waals surface area contributed by atoms with Gasteiger partial charge in [0, 0.05) is 30.4 Å². The van der Waals surface area contributed by atoms with E-state index < -0.39 is 4.92 Å². The van der Waals surface area contributed by atoms with Gasteiger partial charge in [0.1, 0.15) is 12.4 Å². The lowest BCUT2D eigenvalue weighted by atomic mass is 10.1. The fraction of sp³-hybridized carbons (Fsp3) is 0.357. The van der Waals surface area contributed by atoms with Gasteiger partial charge >= 0.3 is 0 Å². The third-order valence-corrected chi connectivity index (χ3v) is 2.91. The van der Waals surface area contributed by atoms with E-state index >= 15 is 0 Å². The molecule has 0 amide bonds. The molecule has 20 heavy (non-hydrogen) atoms. The van der Waals surface area contributed by atoms with Crippen LogP contribution in [-0.4, -0.2) is 29.6 Å². The molecule has 2 rings (SSSR count). The number of nitro benzene ring substituents is 1. The summed E-state index contributed by atoms with van der Waals surface area (Å²) in [6.45, 7) is 4.31. The van der Waals surface area contributed by atoms with Crippen LogP contribution in [0.5, 0.6) is 5.75 Å². The van der Waals surface area contributed by atoms with Crippen LogP contribution in [0.3, 0.4) is 0 Å². The lowest BCUT2D eigenvalue weighted by molar-refractivity contribution is -0.383. The highest BCUT2D eigenvalue weighted by Crippen LogP contribution is 2.31. The maximum atomic E-state index is 11.0. The summed E-state index contributed by atoms with van der Waals surface area (Å²) in [6, 6.07) is 4.73. The highest BCUT2D eigenvalue weighted by molar-refractivity contribution is 5.94. The normalized spacial score (nSPS) is 10.7. The number of aromatic nitrogens is 1. The molecule has 0 saturated carbocycles. The molecule has 0 aliphatic heterocycles. The molecule has 6 nitrogen and oxygen atoms in total. The van der Waals surface area contributed by atoms with Gasteiger partial charge < -0.3 is 10.1 Å². The van der Waals surface area contributed by atoms with Crippen molar-refractivity contribution in [2.24, 2.45) is 0 Å². The van der Waals surface area contributed by atoms with E-state index in [2.05, 4.69) is 17.2 Å². The van der Waals surface area contributed by atoms with Gasteiger partial charge in [-0.05, 0) is 25.1 Å². The second-order valence-electron chi connectivity index (χ2n) is 4.36. The zero-order valence-electron chi connectivity index (χ0n) is 11.3. The molecule has 0 radical (unpaired) electrons. The van der Waals surface area contributed by atoms with Crippen LogP contribution in [0.25, 0.3) is 10.8 Å². The van der Waals surface area contributed by atoms with Crippen molar-refractivity contribution in [2.45, 2.75) is 13.3 Å². The molecule has 0 fully saturated rings. The van der Waals surface area contributed by atoms with E-state index in [0.29, 0.717) is 23.1 Å². The summed E-state index contributed by atoms with van der Waals surface area (Å²) in [5.41, 5.74) is 0.0684. The molecular weight excluding hydrogens is 258 g/mol. The fourth-order valence-electron chi connectivity index (χ4n) is 1.97. The van der Waals surface area contributed by atoms with Gasteiger partial charge in [0.2, 0.25) is 0 Å². The Morgan fingerprint density at radius 3 is 2.90 bits per heavy atom. The third-order valence-electron chi connectivity index (χ3n) is 2.91. The van der Waals surface area contributed by atoms with E-state index in [-0.39, 0.29) is 5.69 Å². The van der Waals surface area contributed by atoms with Crippen molar-refractivity contribution in [2.75, 3.05) is 19.7 Å². The van der Waals surface area contributed by atoms with E-state index in [1.165, 1.54) is 6.07 Å². The standard InChI is InChI=1S/C14H17N3O3/c1-2-6-15-8-9-20-14-4-3-13(17(18)19)11-5-7-16-10-12(11)14/h3-5,7,10,15H,2,6,8-9H2,1H3. The average molecular weight is 275 g/mol. The molecule has 1 heterocycles. The number of benzene rings is 1. The number of ether oxygens (including phenoxy) is 1. The molecule has 0 bridgehead atoms. The Hall–Kier alpha value is -2.21. The molecule has 0 saturated heterocycles. The number of non-ortho nitro benzene ring substituents is 1. The predicted octanol–water partition coefficient (Wildman–Crippen LogP) is 2.52. The quantitative estimate of drug-likeness (QED) is 0.477. The molecule has 0 spiro atoms. The fourth-order valence-corrected chi connectivity index (χ4v) is 1.97. The van der Waals surface area contributed by atoms with Crippen molar-refractivity contribution in [3.8, 4) is 5.75 Å². The van der Waals surface area contributed by atoms with Gasteiger partial charge in [0.05, 0.1) is 10.3 Å².